The highest BCUT2D eigenvalue weighted by atomic mass is 16.5. The van der Waals surface area contributed by atoms with E-state index in [2.05, 4.69) is 29.1 Å². The van der Waals surface area contributed by atoms with E-state index in [1.54, 1.807) is 25.7 Å². The molecular weight excluding hydrogens is 296 g/mol. The number of amides is 1. The number of imidazole rings is 1. The van der Waals surface area contributed by atoms with E-state index in [1.807, 2.05) is 4.57 Å². The molecule has 23 heavy (non-hydrogen) atoms. The number of carbonyl (C=O) groups excluding carboxylic acids is 1. The normalized spacial score (nSPS) is 21.7. The SMILES string of the molecule is CO[C@H]1COCC[C@@H]1NC(=O)c1cnc2c(c1)ncn2C(C)C. The zero-order chi connectivity index (χ0) is 16.4. The van der Waals surface area contributed by atoms with Gasteiger partial charge in [0.15, 0.2) is 5.65 Å². The van der Waals surface area contributed by atoms with Crippen molar-refractivity contribution in [3.05, 3.63) is 24.2 Å². The van der Waals surface area contributed by atoms with Crippen LogP contribution in [-0.4, -0.2) is 52.9 Å². The number of pyridine rings is 1. The number of nitrogens with zero attached hydrogens (tertiary/aromatic N) is 3. The Bertz CT molecular complexity index is 698. The minimum Gasteiger partial charge on any atom is -0.379 e. The largest absolute Gasteiger partial charge is 0.379 e. The summed E-state index contributed by atoms with van der Waals surface area (Å²) in [6.45, 7) is 5.26. The molecule has 0 unspecified atom stereocenters. The number of rotatable bonds is 4. The van der Waals surface area contributed by atoms with Gasteiger partial charge in [0.25, 0.3) is 5.91 Å². The molecule has 2 aromatic rings. The Balaban J connectivity index is 1.78. The van der Waals surface area contributed by atoms with Crippen LogP contribution < -0.4 is 5.32 Å². The molecule has 7 heteroatoms. The number of ether oxygens (including phenoxy) is 2. The van der Waals surface area contributed by atoms with E-state index < -0.39 is 0 Å². The second-order valence-corrected chi connectivity index (χ2v) is 6.03. The molecule has 1 aliphatic heterocycles. The summed E-state index contributed by atoms with van der Waals surface area (Å²) in [4.78, 5) is 21.2. The smallest absolute Gasteiger partial charge is 0.253 e. The standard InChI is InChI=1S/C16H22N4O3/c1-10(2)20-9-18-13-6-11(7-17-15(13)20)16(21)19-12-4-5-23-8-14(12)22-3/h6-7,9-10,12,14H,4-5,8H2,1-3H3,(H,19,21)/t12-,14-/m0/s1. The summed E-state index contributed by atoms with van der Waals surface area (Å²) in [5.41, 5.74) is 2.02. The molecule has 1 aliphatic rings. The Morgan fingerprint density at radius 3 is 3.04 bits per heavy atom. The molecule has 1 saturated heterocycles. The first-order valence-electron chi connectivity index (χ1n) is 7.84. The molecule has 1 fully saturated rings. The molecule has 2 atom stereocenters. The van der Waals surface area contributed by atoms with Crippen molar-refractivity contribution in [1.29, 1.82) is 0 Å². The fourth-order valence-electron chi connectivity index (χ4n) is 2.78. The number of methoxy groups -OCH3 is 1. The van der Waals surface area contributed by atoms with Gasteiger partial charge in [0.2, 0.25) is 0 Å². The summed E-state index contributed by atoms with van der Waals surface area (Å²) < 4.78 is 12.7. The van der Waals surface area contributed by atoms with Crippen LogP contribution in [0.5, 0.6) is 0 Å². The van der Waals surface area contributed by atoms with Crippen molar-refractivity contribution in [1.82, 2.24) is 19.9 Å². The van der Waals surface area contributed by atoms with Crippen molar-refractivity contribution in [3.63, 3.8) is 0 Å². The maximum absolute atomic E-state index is 12.5. The molecule has 0 saturated carbocycles. The summed E-state index contributed by atoms with van der Waals surface area (Å²) in [6.07, 6.45) is 3.97. The van der Waals surface area contributed by atoms with Gasteiger partial charge in [0.05, 0.1) is 24.5 Å². The van der Waals surface area contributed by atoms with Crippen LogP contribution in [0.15, 0.2) is 18.6 Å². The van der Waals surface area contributed by atoms with Gasteiger partial charge in [-0.1, -0.05) is 0 Å². The zero-order valence-corrected chi connectivity index (χ0v) is 13.7. The molecular formula is C16H22N4O3. The van der Waals surface area contributed by atoms with Crippen molar-refractivity contribution in [3.8, 4) is 0 Å². The van der Waals surface area contributed by atoms with E-state index in [1.165, 1.54) is 0 Å². The number of fused-ring (bicyclic) bond motifs is 1. The molecule has 2 aromatic heterocycles. The minimum atomic E-state index is -0.160. The van der Waals surface area contributed by atoms with Crippen LogP contribution in [-0.2, 0) is 9.47 Å². The number of nitrogens with one attached hydrogen (secondary N) is 1. The van der Waals surface area contributed by atoms with Gasteiger partial charge in [0, 0.05) is 26.0 Å². The first kappa shape index (κ1) is 15.9. The van der Waals surface area contributed by atoms with Crippen LogP contribution >= 0.6 is 0 Å². The monoisotopic (exact) mass is 318 g/mol. The van der Waals surface area contributed by atoms with E-state index in [9.17, 15) is 4.79 Å². The number of hydrogen-bond donors (Lipinski definition) is 1. The fraction of sp³-hybridized carbons (Fsp3) is 0.562. The average Bonchev–Trinajstić information content (AvgIpc) is 2.98. The van der Waals surface area contributed by atoms with Gasteiger partial charge in [-0.3, -0.25) is 4.79 Å². The molecule has 0 radical (unpaired) electrons. The highest BCUT2D eigenvalue weighted by molar-refractivity contribution is 5.96. The molecule has 0 aromatic carbocycles. The Morgan fingerprint density at radius 2 is 2.30 bits per heavy atom. The summed E-state index contributed by atoms with van der Waals surface area (Å²) in [7, 11) is 1.63. The molecule has 0 bridgehead atoms. The highest BCUT2D eigenvalue weighted by Crippen LogP contribution is 2.17. The lowest BCUT2D eigenvalue weighted by Gasteiger charge is -2.30. The lowest BCUT2D eigenvalue weighted by Crippen LogP contribution is -2.49. The van der Waals surface area contributed by atoms with Crippen LogP contribution in [0.3, 0.4) is 0 Å². The molecule has 3 rings (SSSR count). The second kappa shape index (κ2) is 6.64. The van der Waals surface area contributed by atoms with Gasteiger partial charge in [-0.25, -0.2) is 9.97 Å². The molecule has 0 spiro atoms. The van der Waals surface area contributed by atoms with E-state index in [4.69, 9.17) is 9.47 Å². The van der Waals surface area contributed by atoms with Crippen LogP contribution in [0.2, 0.25) is 0 Å². The molecule has 0 aliphatic carbocycles. The van der Waals surface area contributed by atoms with Crippen molar-refractivity contribution in [2.75, 3.05) is 20.3 Å². The topological polar surface area (TPSA) is 78.3 Å². The van der Waals surface area contributed by atoms with Gasteiger partial charge in [0.1, 0.15) is 11.6 Å². The summed E-state index contributed by atoms with van der Waals surface area (Å²) in [6, 6.07) is 2.00. The van der Waals surface area contributed by atoms with Gasteiger partial charge >= 0.3 is 0 Å². The van der Waals surface area contributed by atoms with Crippen molar-refractivity contribution in [2.45, 2.75) is 38.5 Å². The third kappa shape index (κ3) is 3.20. The van der Waals surface area contributed by atoms with Crippen LogP contribution in [0.4, 0.5) is 0 Å². The maximum atomic E-state index is 12.5. The van der Waals surface area contributed by atoms with Gasteiger partial charge in [-0.15, -0.1) is 0 Å². The van der Waals surface area contributed by atoms with Crippen LogP contribution in [0.25, 0.3) is 11.2 Å². The maximum Gasteiger partial charge on any atom is 0.253 e. The summed E-state index contributed by atoms with van der Waals surface area (Å²) in [5, 5.41) is 3.01. The van der Waals surface area contributed by atoms with Crippen LogP contribution in [0.1, 0.15) is 36.7 Å². The van der Waals surface area contributed by atoms with E-state index >= 15 is 0 Å². The zero-order valence-electron chi connectivity index (χ0n) is 13.7. The number of hydrogen-bond acceptors (Lipinski definition) is 5. The predicted molar refractivity (Wildman–Crippen MR) is 85.4 cm³/mol. The fourth-order valence-corrected chi connectivity index (χ4v) is 2.78. The molecule has 7 nitrogen and oxygen atoms in total. The van der Waals surface area contributed by atoms with E-state index in [-0.39, 0.29) is 24.1 Å². The van der Waals surface area contributed by atoms with Gasteiger partial charge in [-0.2, -0.15) is 0 Å². The summed E-state index contributed by atoms with van der Waals surface area (Å²) >= 11 is 0. The number of aromatic nitrogens is 3. The summed E-state index contributed by atoms with van der Waals surface area (Å²) in [5.74, 6) is -0.160. The molecule has 124 valence electrons. The van der Waals surface area contributed by atoms with Crippen LogP contribution in [0, 0.1) is 0 Å². The first-order valence-corrected chi connectivity index (χ1v) is 7.84. The number of carbonyl (C=O) groups is 1. The van der Waals surface area contributed by atoms with Gasteiger partial charge in [-0.05, 0) is 26.3 Å². The van der Waals surface area contributed by atoms with E-state index in [0.29, 0.717) is 18.8 Å². The van der Waals surface area contributed by atoms with Gasteiger partial charge < -0.3 is 19.4 Å². The lowest BCUT2D eigenvalue weighted by molar-refractivity contribution is -0.0479. The lowest BCUT2D eigenvalue weighted by atomic mass is 10.1. The van der Waals surface area contributed by atoms with E-state index in [0.717, 1.165) is 17.6 Å². The predicted octanol–water partition coefficient (Wildman–Crippen LogP) is 1.55. The molecule has 1 N–H and O–H groups in total. The first-order chi connectivity index (χ1) is 11.1. The average molecular weight is 318 g/mol. The Hall–Kier alpha value is -1.99. The highest BCUT2D eigenvalue weighted by Gasteiger charge is 2.27. The Labute approximate surface area is 135 Å². The second-order valence-electron chi connectivity index (χ2n) is 6.03. The third-order valence-corrected chi connectivity index (χ3v) is 4.15. The minimum absolute atomic E-state index is 0.0508. The van der Waals surface area contributed by atoms with Crippen molar-refractivity contribution in [2.24, 2.45) is 0 Å². The quantitative estimate of drug-likeness (QED) is 0.925. The van der Waals surface area contributed by atoms with Crippen molar-refractivity contribution >= 4 is 17.1 Å². The Morgan fingerprint density at radius 1 is 1.48 bits per heavy atom. The Kier molecular flexibility index (Phi) is 4.58. The molecule has 1 amide bonds. The third-order valence-electron chi connectivity index (χ3n) is 4.15. The molecule has 3 heterocycles. The van der Waals surface area contributed by atoms with Crippen molar-refractivity contribution < 1.29 is 14.3 Å².